The molecule has 28 heavy (non-hydrogen) atoms. The van der Waals surface area contributed by atoms with E-state index < -0.39 is 11.8 Å². The monoisotopic (exact) mass is 379 g/mol. The largest absolute Gasteiger partial charge is 0.341 e. The zero-order chi connectivity index (χ0) is 19.9. The molecule has 146 valence electrons. The second-order valence-corrected chi connectivity index (χ2v) is 6.99. The number of carbonyl (C=O) groups is 3. The molecule has 0 N–H and O–H groups in total. The lowest BCUT2D eigenvalue weighted by Gasteiger charge is -2.34. The molecule has 6 heteroatoms. The zero-order valence-electron chi connectivity index (χ0n) is 16.1. The Morgan fingerprint density at radius 2 is 1.39 bits per heavy atom. The third-order valence-electron chi connectivity index (χ3n) is 4.90. The molecule has 0 unspecified atom stereocenters. The second-order valence-electron chi connectivity index (χ2n) is 6.99. The van der Waals surface area contributed by atoms with Gasteiger partial charge in [0.05, 0.1) is 0 Å². The lowest BCUT2D eigenvalue weighted by atomic mass is 10.2. The van der Waals surface area contributed by atoms with Crippen molar-refractivity contribution in [1.82, 2.24) is 14.7 Å². The van der Waals surface area contributed by atoms with Crippen LogP contribution in [0.3, 0.4) is 0 Å². The Kier molecular flexibility index (Phi) is 6.42. The Morgan fingerprint density at radius 3 is 2.04 bits per heavy atom. The van der Waals surface area contributed by atoms with Gasteiger partial charge in [-0.25, -0.2) is 0 Å². The molecular formula is C22H25N3O3. The molecule has 2 aromatic rings. The number of hydrogen-bond acceptors (Lipinski definition) is 3. The van der Waals surface area contributed by atoms with Gasteiger partial charge in [-0.1, -0.05) is 60.7 Å². The fourth-order valence-electron chi connectivity index (χ4n) is 3.25. The highest BCUT2D eigenvalue weighted by molar-refractivity contribution is 6.35. The topological polar surface area (TPSA) is 60.9 Å². The lowest BCUT2D eigenvalue weighted by molar-refractivity contribution is -0.156. The van der Waals surface area contributed by atoms with Gasteiger partial charge in [-0.3, -0.25) is 14.4 Å². The van der Waals surface area contributed by atoms with E-state index in [2.05, 4.69) is 0 Å². The highest BCUT2D eigenvalue weighted by atomic mass is 16.2. The number of piperazine rings is 1. The first-order valence-corrected chi connectivity index (χ1v) is 9.44. The molecule has 0 spiro atoms. The molecule has 0 aromatic heterocycles. The summed E-state index contributed by atoms with van der Waals surface area (Å²) in [5, 5.41) is 0. The summed E-state index contributed by atoms with van der Waals surface area (Å²) in [5.74, 6) is -1.07. The summed E-state index contributed by atoms with van der Waals surface area (Å²) < 4.78 is 0. The summed E-state index contributed by atoms with van der Waals surface area (Å²) in [6.07, 6.45) is 0.209. The van der Waals surface area contributed by atoms with Crippen molar-refractivity contribution in [2.24, 2.45) is 0 Å². The average molecular weight is 379 g/mol. The van der Waals surface area contributed by atoms with Crippen LogP contribution < -0.4 is 0 Å². The Hall–Kier alpha value is -3.15. The first-order valence-electron chi connectivity index (χ1n) is 9.44. The summed E-state index contributed by atoms with van der Waals surface area (Å²) in [5.41, 5.74) is 2.05. The third kappa shape index (κ3) is 4.97. The number of benzene rings is 2. The molecule has 6 nitrogen and oxygen atoms in total. The SMILES string of the molecule is CN(Cc1ccccc1)C(=O)CCN1CCN(Cc2ccccc2)C(=O)C1=O. The summed E-state index contributed by atoms with van der Waals surface area (Å²) in [4.78, 5) is 41.9. The molecule has 0 bridgehead atoms. The minimum absolute atomic E-state index is 0.0455. The average Bonchev–Trinajstić information content (AvgIpc) is 2.72. The minimum Gasteiger partial charge on any atom is -0.341 e. The molecular weight excluding hydrogens is 354 g/mol. The third-order valence-corrected chi connectivity index (χ3v) is 4.90. The van der Waals surface area contributed by atoms with Gasteiger partial charge < -0.3 is 14.7 Å². The van der Waals surface area contributed by atoms with Gasteiger partial charge in [-0.2, -0.15) is 0 Å². The van der Waals surface area contributed by atoms with Crippen molar-refractivity contribution in [3.63, 3.8) is 0 Å². The Balaban J connectivity index is 1.48. The smallest absolute Gasteiger partial charge is 0.312 e. The molecule has 1 aliphatic rings. The van der Waals surface area contributed by atoms with Crippen molar-refractivity contribution in [2.75, 3.05) is 26.7 Å². The molecule has 0 saturated carbocycles. The maximum absolute atomic E-state index is 12.4. The van der Waals surface area contributed by atoms with E-state index in [4.69, 9.17) is 0 Å². The van der Waals surface area contributed by atoms with Crippen molar-refractivity contribution < 1.29 is 14.4 Å². The number of hydrogen-bond donors (Lipinski definition) is 0. The van der Waals surface area contributed by atoms with Gasteiger partial charge in [0.25, 0.3) is 0 Å². The maximum Gasteiger partial charge on any atom is 0.312 e. The molecule has 3 rings (SSSR count). The van der Waals surface area contributed by atoms with Crippen LogP contribution in [-0.2, 0) is 27.5 Å². The van der Waals surface area contributed by atoms with Gasteiger partial charge in [0.2, 0.25) is 5.91 Å². The molecule has 1 heterocycles. The zero-order valence-corrected chi connectivity index (χ0v) is 16.1. The highest BCUT2D eigenvalue weighted by Crippen LogP contribution is 2.12. The van der Waals surface area contributed by atoms with Crippen molar-refractivity contribution in [3.05, 3.63) is 71.8 Å². The molecule has 1 aliphatic heterocycles. The number of rotatable bonds is 7. The van der Waals surface area contributed by atoms with E-state index in [0.717, 1.165) is 11.1 Å². The Labute approximate surface area is 165 Å². The Bertz CT molecular complexity index is 823. The van der Waals surface area contributed by atoms with E-state index in [1.54, 1.807) is 16.8 Å². The number of carbonyl (C=O) groups excluding carboxylic acids is 3. The molecule has 0 aliphatic carbocycles. The van der Waals surface area contributed by atoms with E-state index in [9.17, 15) is 14.4 Å². The Morgan fingerprint density at radius 1 is 0.857 bits per heavy atom. The molecule has 2 aromatic carbocycles. The normalized spacial score (nSPS) is 14.3. The van der Waals surface area contributed by atoms with Crippen LogP contribution in [0.5, 0.6) is 0 Å². The molecule has 1 saturated heterocycles. The lowest BCUT2D eigenvalue weighted by Crippen LogP contribution is -2.54. The van der Waals surface area contributed by atoms with Crippen molar-refractivity contribution in [3.8, 4) is 0 Å². The van der Waals surface area contributed by atoms with Crippen molar-refractivity contribution in [1.29, 1.82) is 0 Å². The van der Waals surface area contributed by atoms with Gasteiger partial charge in [-0.15, -0.1) is 0 Å². The summed E-state index contributed by atoms with van der Waals surface area (Å²) in [6.45, 7) is 2.15. The van der Waals surface area contributed by atoms with Crippen LogP contribution in [0, 0.1) is 0 Å². The highest BCUT2D eigenvalue weighted by Gasteiger charge is 2.32. The van der Waals surface area contributed by atoms with Crippen molar-refractivity contribution in [2.45, 2.75) is 19.5 Å². The van der Waals surface area contributed by atoms with Gasteiger partial charge in [0.15, 0.2) is 0 Å². The summed E-state index contributed by atoms with van der Waals surface area (Å²) >= 11 is 0. The second kappa shape index (κ2) is 9.17. The van der Waals surface area contributed by atoms with Gasteiger partial charge in [0.1, 0.15) is 0 Å². The van der Waals surface area contributed by atoms with E-state index in [-0.39, 0.29) is 18.9 Å². The van der Waals surface area contributed by atoms with Crippen LogP contribution in [0.1, 0.15) is 17.5 Å². The van der Waals surface area contributed by atoms with E-state index in [1.807, 2.05) is 60.7 Å². The molecule has 0 radical (unpaired) electrons. The first kappa shape index (κ1) is 19.6. The fraction of sp³-hybridized carbons (Fsp3) is 0.318. The predicted molar refractivity (Wildman–Crippen MR) is 106 cm³/mol. The van der Waals surface area contributed by atoms with Gasteiger partial charge in [-0.05, 0) is 11.1 Å². The predicted octanol–water partition coefficient (Wildman–Crippen LogP) is 1.91. The minimum atomic E-state index is -0.527. The summed E-state index contributed by atoms with van der Waals surface area (Å²) in [7, 11) is 1.75. The fourth-order valence-corrected chi connectivity index (χ4v) is 3.25. The maximum atomic E-state index is 12.4. The van der Waals surface area contributed by atoms with Gasteiger partial charge >= 0.3 is 11.8 Å². The summed E-state index contributed by atoms with van der Waals surface area (Å²) in [6, 6.07) is 19.4. The van der Waals surface area contributed by atoms with E-state index in [1.165, 1.54) is 4.90 Å². The number of amides is 3. The van der Waals surface area contributed by atoms with Crippen LogP contribution in [0.15, 0.2) is 60.7 Å². The van der Waals surface area contributed by atoms with E-state index in [0.29, 0.717) is 26.2 Å². The van der Waals surface area contributed by atoms with Crippen LogP contribution in [0.25, 0.3) is 0 Å². The van der Waals surface area contributed by atoms with Crippen LogP contribution >= 0.6 is 0 Å². The quantitative estimate of drug-likeness (QED) is 0.691. The molecule has 3 amide bonds. The van der Waals surface area contributed by atoms with Gasteiger partial charge in [0, 0.05) is 46.2 Å². The molecule has 1 fully saturated rings. The van der Waals surface area contributed by atoms with Crippen LogP contribution in [0.4, 0.5) is 0 Å². The number of nitrogens with zero attached hydrogens (tertiary/aromatic N) is 3. The van der Waals surface area contributed by atoms with Crippen molar-refractivity contribution >= 4 is 17.7 Å². The standard InChI is InChI=1S/C22H25N3O3/c1-23(16-18-8-4-2-5-9-18)20(26)12-13-24-14-15-25(22(28)21(24)27)17-19-10-6-3-7-11-19/h2-11H,12-17H2,1H3. The molecule has 0 atom stereocenters. The first-order chi connectivity index (χ1) is 13.5. The van der Waals surface area contributed by atoms with E-state index >= 15 is 0 Å². The van der Waals surface area contributed by atoms with Crippen LogP contribution in [-0.4, -0.2) is 59.1 Å². The van der Waals surface area contributed by atoms with Crippen LogP contribution in [0.2, 0.25) is 0 Å².